The Balaban J connectivity index is 2.14. The van der Waals surface area contributed by atoms with Crippen molar-refractivity contribution < 1.29 is 4.42 Å². The summed E-state index contributed by atoms with van der Waals surface area (Å²) < 4.78 is 5.24. The molecule has 12 heavy (non-hydrogen) atoms. The smallest absolute Gasteiger partial charge is 0.221 e. The van der Waals surface area contributed by atoms with Crippen molar-refractivity contribution in [2.24, 2.45) is 0 Å². The number of thiophene rings is 1. The van der Waals surface area contributed by atoms with Gasteiger partial charge in [0.1, 0.15) is 0 Å². The van der Waals surface area contributed by atoms with Crippen LogP contribution in [0.25, 0.3) is 0 Å². The summed E-state index contributed by atoms with van der Waals surface area (Å²) in [5, 5.41) is 9.71. The summed E-state index contributed by atoms with van der Waals surface area (Å²) >= 11 is 1.70. The molecule has 0 atom stereocenters. The Morgan fingerprint density at radius 3 is 3.00 bits per heavy atom. The topological polar surface area (TPSA) is 38.9 Å². The molecule has 2 aromatic rings. The Kier molecular flexibility index (Phi) is 1.91. The van der Waals surface area contributed by atoms with Crippen molar-refractivity contribution in [3.05, 3.63) is 34.2 Å². The van der Waals surface area contributed by atoms with Crippen LogP contribution in [-0.4, -0.2) is 10.2 Å². The van der Waals surface area contributed by atoms with Crippen LogP contribution >= 0.6 is 11.3 Å². The minimum absolute atomic E-state index is 0.626. The van der Waals surface area contributed by atoms with Crippen LogP contribution < -0.4 is 0 Å². The molecule has 62 valence electrons. The second kappa shape index (κ2) is 3.06. The van der Waals surface area contributed by atoms with Gasteiger partial charge < -0.3 is 4.42 Å². The highest BCUT2D eigenvalue weighted by Crippen LogP contribution is 2.13. The van der Waals surface area contributed by atoms with Crippen molar-refractivity contribution in [3.63, 3.8) is 0 Å². The standard InChI is InChI=1S/C8H8N2OS/c1-6-9-10-8(11-6)5-7-3-2-4-12-7/h2-4H,5H2,1H3. The van der Waals surface area contributed by atoms with Crippen molar-refractivity contribution in [3.8, 4) is 0 Å². The van der Waals surface area contributed by atoms with E-state index in [0.717, 1.165) is 6.42 Å². The van der Waals surface area contributed by atoms with E-state index in [0.29, 0.717) is 11.8 Å². The third-order valence-corrected chi connectivity index (χ3v) is 2.35. The second-order valence-electron chi connectivity index (χ2n) is 2.47. The largest absolute Gasteiger partial charge is 0.425 e. The van der Waals surface area contributed by atoms with Gasteiger partial charge in [0.25, 0.3) is 0 Å². The molecule has 3 nitrogen and oxygen atoms in total. The summed E-state index contributed by atoms with van der Waals surface area (Å²) in [4.78, 5) is 1.25. The molecule has 0 amide bonds. The third kappa shape index (κ3) is 1.53. The molecule has 0 fully saturated rings. The first-order valence-electron chi connectivity index (χ1n) is 3.66. The maximum Gasteiger partial charge on any atom is 0.221 e. The SMILES string of the molecule is Cc1nnc(Cc2cccs2)o1. The van der Waals surface area contributed by atoms with E-state index in [1.807, 2.05) is 11.4 Å². The molecule has 2 rings (SSSR count). The molecule has 0 bridgehead atoms. The fraction of sp³-hybridized carbons (Fsp3) is 0.250. The van der Waals surface area contributed by atoms with Gasteiger partial charge >= 0.3 is 0 Å². The molecular weight excluding hydrogens is 172 g/mol. The maximum atomic E-state index is 5.24. The quantitative estimate of drug-likeness (QED) is 0.709. The number of hydrogen-bond donors (Lipinski definition) is 0. The van der Waals surface area contributed by atoms with Crippen molar-refractivity contribution in [2.45, 2.75) is 13.3 Å². The molecular formula is C8H8N2OS. The fourth-order valence-corrected chi connectivity index (χ4v) is 1.67. The Hall–Kier alpha value is -1.16. The van der Waals surface area contributed by atoms with Crippen LogP contribution in [0.15, 0.2) is 21.9 Å². The van der Waals surface area contributed by atoms with Gasteiger partial charge in [-0.25, -0.2) is 0 Å². The monoisotopic (exact) mass is 180 g/mol. The first-order chi connectivity index (χ1) is 5.84. The predicted octanol–water partition coefficient (Wildman–Crippen LogP) is 2.03. The van der Waals surface area contributed by atoms with E-state index in [1.165, 1.54) is 4.88 Å². The summed E-state index contributed by atoms with van der Waals surface area (Å²) in [6.07, 6.45) is 0.749. The van der Waals surface area contributed by atoms with E-state index in [1.54, 1.807) is 18.3 Å². The van der Waals surface area contributed by atoms with Gasteiger partial charge in [-0.3, -0.25) is 0 Å². The Labute approximate surface area is 74.1 Å². The van der Waals surface area contributed by atoms with Crippen molar-refractivity contribution in [1.82, 2.24) is 10.2 Å². The zero-order valence-corrected chi connectivity index (χ0v) is 7.47. The van der Waals surface area contributed by atoms with Gasteiger partial charge in [0.05, 0.1) is 6.42 Å². The number of nitrogens with zero attached hydrogens (tertiary/aromatic N) is 2. The molecule has 0 aromatic carbocycles. The maximum absolute atomic E-state index is 5.24. The average Bonchev–Trinajstić information content (AvgIpc) is 2.63. The number of hydrogen-bond acceptors (Lipinski definition) is 4. The van der Waals surface area contributed by atoms with E-state index in [2.05, 4.69) is 16.3 Å². The molecule has 0 saturated carbocycles. The summed E-state index contributed by atoms with van der Waals surface area (Å²) in [6.45, 7) is 1.80. The summed E-state index contributed by atoms with van der Waals surface area (Å²) in [7, 11) is 0. The molecule has 0 unspecified atom stereocenters. The highest BCUT2D eigenvalue weighted by atomic mass is 32.1. The lowest BCUT2D eigenvalue weighted by atomic mass is 10.3. The van der Waals surface area contributed by atoms with Crippen LogP contribution in [0.4, 0.5) is 0 Å². The highest BCUT2D eigenvalue weighted by molar-refractivity contribution is 7.09. The lowest BCUT2D eigenvalue weighted by molar-refractivity contribution is 0.478. The van der Waals surface area contributed by atoms with Crippen LogP contribution in [0.3, 0.4) is 0 Å². The molecule has 0 saturated heterocycles. The van der Waals surface area contributed by atoms with E-state index in [4.69, 9.17) is 4.42 Å². The molecule has 2 aromatic heterocycles. The molecule has 0 radical (unpaired) electrons. The van der Waals surface area contributed by atoms with E-state index >= 15 is 0 Å². The van der Waals surface area contributed by atoms with Gasteiger partial charge in [-0.05, 0) is 11.4 Å². The average molecular weight is 180 g/mol. The Bertz CT molecular complexity index is 353. The first-order valence-corrected chi connectivity index (χ1v) is 4.54. The highest BCUT2D eigenvalue weighted by Gasteiger charge is 2.03. The summed E-state index contributed by atoms with van der Waals surface area (Å²) in [5.74, 6) is 1.32. The van der Waals surface area contributed by atoms with Crippen molar-refractivity contribution in [2.75, 3.05) is 0 Å². The van der Waals surface area contributed by atoms with E-state index in [-0.39, 0.29) is 0 Å². The van der Waals surface area contributed by atoms with Gasteiger partial charge in [-0.15, -0.1) is 21.5 Å². The van der Waals surface area contributed by atoms with Crippen LogP contribution in [0.2, 0.25) is 0 Å². The molecule has 4 heteroatoms. The Morgan fingerprint density at radius 2 is 2.42 bits per heavy atom. The molecule has 0 aliphatic carbocycles. The van der Waals surface area contributed by atoms with Crippen LogP contribution in [0, 0.1) is 6.92 Å². The molecule has 2 heterocycles. The van der Waals surface area contributed by atoms with Crippen molar-refractivity contribution >= 4 is 11.3 Å². The van der Waals surface area contributed by atoms with Gasteiger partial charge in [0.15, 0.2) is 0 Å². The van der Waals surface area contributed by atoms with Gasteiger partial charge in [-0.2, -0.15) is 0 Å². The first kappa shape index (κ1) is 7.49. The fourth-order valence-electron chi connectivity index (χ4n) is 0.971. The second-order valence-corrected chi connectivity index (χ2v) is 3.50. The molecule has 0 N–H and O–H groups in total. The number of aromatic nitrogens is 2. The minimum atomic E-state index is 0.626. The number of rotatable bonds is 2. The predicted molar refractivity (Wildman–Crippen MR) is 46.2 cm³/mol. The van der Waals surface area contributed by atoms with Gasteiger partial charge in [0, 0.05) is 11.8 Å². The van der Waals surface area contributed by atoms with E-state index in [9.17, 15) is 0 Å². The van der Waals surface area contributed by atoms with E-state index < -0.39 is 0 Å². The normalized spacial score (nSPS) is 10.4. The summed E-state index contributed by atoms with van der Waals surface area (Å²) in [6, 6.07) is 4.08. The molecule has 0 spiro atoms. The lowest BCUT2D eigenvalue weighted by Crippen LogP contribution is -1.83. The van der Waals surface area contributed by atoms with Gasteiger partial charge in [-0.1, -0.05) is 6.07 Å². The van der Waals surface area contributed by atoms with Crippen LogP contribution in [-0.2, 0) is 6.42 Å². The lowest BCUT2D eigenvalue weighted by Gasteiger charge is -1.87. The van der Waals surface area contributed by atoms with Crippen LogP contribution in [0.5, 0.6) is 0 Å². The minimum Gasteiger partial charge on any atom is -0.425 e. The zero-order chi connectivity index (χ0) is 8.39. The molecule has 0 aliphatic rings. The Morgan fingerprint density at radius 1 is 1.50 bits per heavy atom. The molecule has 0 aliphatic heterocycles. The summed E-state index contributed by atoms with van der Waals surface area (Å²) in [5.41, 5.74) is 0. The number of aryl methyl sites for hydroxylation is 1. The zero-order valence-electron chi connectivity index (χ0n) is 6.65. The van der Waals surface area contributed by atoms with Crippen molar-refractivity contribution in [1.29, 1.82) is 0 Å². The van der Waals surface area contributed by atoms with Gasteiger partial charge in [0.2, 0.25) is 11.8 Å². The third-order valence-electron chi connectivity index (χ3n) is 1.47. The van der Waals surface area contributed by atoms with Crippen LogP contribution in [0.1, 0.15) is 16.7 Å².